The highest BCUT2D eigenvalue weighted by Crippen LogP contribution is 2.45. The van der Waals surface area contributed by atoms with Crippen LogP contribution < -0.4 is 18.9 Å². The highest BCUT2D eigenvalue weighted by molar-refractivity contribution is 7.22. The molecule has 3 aromatic carbocycles. The zero-order valence-electron chi connectivity index (χ0n) is 20.7. The maximum absolute atomic E-state index is 6.25. The fraction of sp³-hybridized carbons (Fsp3) is 0.310. The fourth-order valence-corrected chi connectivity index (χ4v) is 5.55. The highest BCUT2D eigenvalue weighted by Gasteiger charge is 2.17. The number of hydrogen-bond acceptors (Lipinski definition) is 6. The molecule has 36 heavy (non-hydrogen) atoms. The third kappa shape index (κ3) is 6.06. The number of hydrogen-bond donors (Lipinski definition) is 0. The van der Waals surface area contributed by atoms with Gasteiger partial charge in [-0.2, -0.15) is 0 Å². The molecule has 1 aliphatic heterocycles. The Morgan fingerprint density at radius 2 is 1.50 bits per heavy atom. The van der Waals surface area contributed by atoms with Crippen LogP contribution in [0.1, 0.15) is 19.3 Å². The Morgan fingerprint density at radius 3 is 2.22 bits per heavy atom. The van der Waals surface area contributed by atoms with Gasteiger partial charge in [-0.3, -0.25) is 4.90 Å². The second kappa shape index (κ2) is 12.3. The maximum Gasteiger partial charge on any atom is 0.170 e. The molecule has 5 rings (SSSR count). The van der Waals surface area contributed by atoms with E-state index in [1.54, 1.807) is 25.6 Å². The average molecular weight is 526 g/mol. The van der Waals surface area contributed by atoms with Crippen LogP contribution in [0.3, 0.4) is 0 Å². The van der Waals surface area contributed by atoms with Crippen molar-refractivity contribution in [2.45, 2.75) is 19.3 Å². The van der Waals surface area contributed by atoms with Crippen molar-refractivity contribution in [2.24, 2.45) is 0 Å². The van der Waals surface area contributed by atoms with Crippen LogP contribution in [0.4, 0.5) is 0 Å². The van der Waals surface area contributed by atoms with Crippen molar-refractivity contribution in [1.29, 1.82) is 0 Å². The van der Waals surface area contributed by atoms with Crippen molar-refractivity contribution >= 4 is 33.8 Å². The quantitative estimate of drug-likeness (QED) is 0.224. The van der Waals surface area contributed by atoms with Crippen molar-refractivity contribution in [1.82, 2.24) is 4.90 Å². The van der Waals surface area contributed by atoms with E-state index in [-0.39, 0.29) is 12.4 Å². The number of ether oxygens (including phenoxy) is 4. The Kier molecular flexibility index (Phi) is 8.97. The van der Waals surface area contributed by atoms with E-state index in [2.05, 4.69) is 35.2 Å². The number of piperidine rings is 1. The van der Waals surface area contributed by atoms with Gasteiger partial charge in [-0.25, -0.2) is 0 Å². The van der Waals surface area contributed by atoms with Gasteiger partial charge in [0.1, 0.15) is 23.9 Å². The van der Waals surface area contributed by atoms with E-state index < -0.39 is 0 Å². The summed E-state index contributed by atoms with van der Waals surface area (Å²) in [7, 11) is 3.32. The molecule has 0 spiro atoms. The predicted octanol–water partition coefficient (Wildman–Crippen LogP) is 7.66. The van der Waals surface area contributed by atoms with Crippen molar-refractivity contribution in [3.05, 3.63) is 66.7 Å². The summed E-state index contributed by atoms with van der Waals surface area (Å²) in [5.74, 6) is 3.58. The van der Waals surface area contributed by atoms with Crippen molar-refractivity contribution < 1.29 is 18.9 Å². The van der Waals surface area contributed by atoms with Gasteiger partial charge >= 0.3 is 0 Å². The van der Waals surface area contributed by atoms with Gasteiger partial charge in [0.05, 0.1) is 14.2 Å². The third-order valence-electron chi connectivity index (χ3n) is 6.35. The Morgan fingerprint density at radius 1 is 0.778 bits per heavy atom. The lowest BCUT2D eigenvalue weighted by molar-refractivity contribution is 0.183. The van der Waals surface area contributed by atoms with E-state index in [0.29, 0.717) is 18.1 Å². The van der Waals surface area contributed by atoms with Gasteiger partial charge in [0.15, 0.2) is 11.5 Å². The molecule has 7 heteroatoms. The van der Waals surface area contributed by atoms with E-state index in [4.69, 9.17) is 18.9 Å². The maximum atomic E-state index is 6.25. The first-order chi connectivity index (χ1) is 17.2. The van der Waals surface area contributed by atoms with Crippen LogP contribution in [0.2, 0.25) is 0 Å². The molecule has 1 aliphatic rings. The number of methoxy groups -OCH3 is 2. The molecular weight excluding hydrogens is 494 g/mol. The molecule has 0 amide bonds. The normalized spacial score (nSPS) is 13.7. The summed E-state index contributed by atoms with van der Waals surface area (Å²) in [4.78, 5) is 3.60. The summed E-state index contributed by atoms with van der Waals surface area (Å²) in [6, 6.07) is 22.2. The number of likely N-dealkylation sites (tertiary alicyclic amines) is 1. The lowest BCUT2D eigenvalue weighted by atomic mass is 10.1. The van der Waals surface area contributed by atoms with Gasteiger partial charge in [-0.1, -0.05) is 24.6 Å². The topological polar surface area (TPSA) is 40.2 Å². The molecule has 0 aliphatic carbocycles. The van der Waals surface area contributed by atoms with Gasteiger partial charge in [0, 0.05) is 27.8 Å². The largest absolute Gasteiger partial charge is 0.496 e. The second-order valence-electron chi connectivity index (χ2n) is 8.68. The van der Waals surface area contributed by atoms with Crippen LogP contribution in [0.25, 0.3) is 20.5 Å². The Labute approximate surface area is 223 Å². The molecule has 2 heterocycles. The Bertz CT molecular complexity index is 1240. The summed E-state index contributed by atoms with van der Waals surface area (Å²) in [6.45, 7) is 4.04. The first-order valence-electron chi connectivity index (χ1n) is 12.1. The number of rotatable bonds is 9. The van der Waals surface area contributed by atoms with E-state index in [0.717, 1.165) is 34.2 Å². The highest BCUT2D eigenvalue weighted by atomic mass is 35.5. The molecule has 0 atom stereocenters. The van der Waals surface area contributed by atoms with Gasteiger partial charge in [0.2, 0.25) is 0 Å². The number of benzene rings is 3. The molecule has 0 bridgehead atoms. The SMILES string of the molecule is COc1cc(OC)c(-c2cc3ccccc3s2)cc1Oc1ccc(OCCN2CCCCC2)cc1.Cl. The molecule has 0 saturated carbocycles. The number of thiophene rings is 1. The van der Waals surface area contributed by atoms with E-state index in [1.807, 2.05) is 36.4 Å². The number of halogens is 1. The van der Waals surface area contributed by atoms with Crippen LogP contribution in [0.5, 0.6) is 28.7 Å². The van der Waals surface area contributed by atoms with Gasteiger partial charge < -0.3 is 18.9 Å². The molecule has 0 unspecified atom stereocenters. The fourth-order valence-electron chi connectivity index (χ4n) is 4.46. The predicted molar refractivity (Wildman–Crippen MR) is 150 cm³/mol. The third-order valence-corrected chi connectivity index (χ3v) is 7.50. The van der Waals surface area contributed by atoms with Crippen LogP contribution in [0, 0.1) is 0 Å². The zero-order valence-corrected chi connectivity index (χ0v) is 22.3. The van der Waals surface area contributed by atoms with E-state index >= 15 is 0 Å². The van der Waals surface area contributed by atoms with Crippen molar-refractivity contribution in [2.75, 3.05) is 40.5 Å². The number of fused-ring (bicyclic) bond motifs is 1. The van der Waals surface area contributed by atoms with Crippen molar-refractivity contribution in [3.63, 3.8) is 0 Å². The molecular formula is C29H32ClNO4S. The first kappa shape index (κ1) is 26.1. The summed E-state index contributed by atoms with van der Waals surface area (Å²) in [5.41, 5.74) is 0.974. The van der Waals surface area contributed by atoms with Gasteiger partial charge in [-0.05, 0) is 73.8 Å². The molecule has 4 aromatic rings. The van der Waals surface area contributed by atoms with Crippen LogP contribution in [-0.4, -0.2) is 45.4 Å². The summed E-state index contributed by atoms with van der Waals surface area (Å²) in [6.07, 6.45) is 3.94. The van der Waals surface area contributed by atoms with Gasteiger partial charge in [-0.15, -0.1) is 23.7 Å². The zero-order chi connectivity index (χ0) is 24.0. The average Bonchev–Trinajstić information content (AvgIpc) is 3.34. The smallest absolute Gasteiger partial charge is 0.170 e. The van der Waals surface area contributed by atoms with Gasteiger partial charge in [0.25, 0.3) is 0 Å². The Hall–Kier alpha value is -2.93. The van der Waals surface area contributed by atoms with Crippen LogP contribution in [0.15, 0.2) is 66.7 Å². The van der Waals surface area contributed by atoms with E-state index in [9.17, 15) is 0 Å². The molecule has 0 radical (unpaired) electrons. The summed E-state index contributed by atoms with van der Waals surface area (Å²) in [5, 5.41) is 1.21. The minimum absolute atomic E-state index is 0. The molecule has 190 valence electrons. The lowest BCUT2D eigenvalue weighted by Gasteiger charge is -2.26. The molecule has 5 nitrogen and oxygen atoms in total. The minimum Gasteiger partial charge on any atom is -0.496 e. The van der Waals surface area contributed by atoms with Crippen LogP contribution >= 0.6 is 23.7 Å². The standard InChI is InChI=1S/C29H31NO4S.ClH/c1-31-25-20-26(32-2)27(19-24(25)29-18-21-8-4-5-9-28(21)35-29)34-23-12-10-22(11-13-23)33-17-16-30-14-6-3-7-15-30;/h4-5,8-13,18-20H,3,6-7,14-17H2,1-2H3;1H. The molecule has 1 saturated heterocycles. The van der Waals surface area contributed by atoms with Crippen LogP contribution in [-0.2, 0) is 0 Å². The Balaban J connectivity index is 0.00000304. The molecule has 0 N–H and O–H groups in total. The second-order valence-corrected chi connectivity index (χ2v) is 9.76. The summed E-state index contributed by atoms with van der Waals surface area (Å²) < 4.78 is 24.7. The monoisotopic (exact) mass is 525 g/mol. The molecule has 1 aromatic heterocycles. The lowest BCUT2D eigenvalue weighted by Crippen LogP contribution is -2.33. The van der Waals surface area contributed by atoms with E-state index in [1.165, 1.54) is 42.4 Å². The first-order valence-corrected chi connectivity index (χ1v) is 12.9. The number of nitrogens with zero attached hydrogens (tertiary/aromatic N) is 1. The molecule has 1 fully saturated rings. The minimum atomic E-state index is 0. The summed E-state index contributed by atoms with van der Waals surface area (Å²) >= 11 is 1.73. The van der Waals surface area contributed by atoms with Crippen molar-refractivity contribution in [3.8, 4) is 39.2 Å².